The van der Waals surface area contributed by atoms with Crippen molar-refractivity contribution in [2.75, 3.05) is 36.4 Å². The first-order valence-corrected chi connectivity index (χ1v) is 13.1. The summed E-state index contributed by atoms with van der Waals surface area (Å²) in [7, 11) is 0.127. The molecule has 8 nitrogen and oxygen atoms in total. The number of hydrogen-bond donors (Lipinski definition) is 1. The Hall–Kier alpha value is -1.69. The fourth-order valence-electron chi connectivity index (χ4n) is 3.69. The highest BCUT2D eigenvalue weighted by molar-refractivity contribution is 7.87. The molecule has 0 spiro atoms. The van der Waals surface area contributed by atoms with E-state index in [4.69, 9.17) is 11.6 Å². The van der Waals surface area contributed by atoms with E-state index in [0.717, 1.165) is 16.8 Å². The van der Waals surface area contributed by atoms with E-state index in [9.17, 15) is 17.2 Å². The normalized spacial score (nSPS) is 16.3. The van der Waals surface area contributed by atoms with Crippen LogP contribution in [0.3, 0.4) is 0 Å². The second-order valence-corrected chi connectivity index (χ2v) is 11.0. The van der Waals surface area contributed by atoms with Crippen molar-refractivity contribution in [2.45, 2.75) is 32.4 Å². The molecule has 176 valence electrons. The van der Waals surface area contributed by atoms with Gasteiger partial charge in [-0.15, -0.1) is 0 Å². The molecule has 1 N–H and O–H groups in total. The minimum atomic E-state index is -3.69. The third kappa shape index (κ3) is 6.00. The van der Waals surface area contributed by atoms with Crippen LogP contribution in [0.2, 0.25) is 5.02 Å². The number of rotatable bonds is 9. The first-order chi connectivity index (χ1) is 15.1. The van der Waals surface area contributed by atoms with Crippen molar-refractivity contribution in [1.29, 1.82) is 0 Å². The quantitative estimate of drug-likeness (QED) is 0.535. The second kappa shape index (κ2) is 10.5. The van der Waals surface area contributed by atoms with Crippen LogP contribution in [0.1, 0.15) is 24.5 Å². The second-order valence-electron chi connectivity index (χ2n) is 7.99. The predicted octanol–water partition coefficient (Wildman–Crippen LogP) is 2.68. The van der Waals surface area contributed by atoms with Gasteiger partial charge in [0.1, 0.15) is 0 Å². The molecular weight excluding hydrogens is 472 g/mol. The summed E-state index contributed by atoms with van der Waals surface area (Å²) in [5.74, 6) is 0. The summed E-state index contributed by atoms with van der Waals surface area (Å²) in [6.45, 7) is 2.53. The van der Waals surface area contributed by atoms with Crippen LogP contribution in [-0.2, 0) is 34.4 Å². The van der Waals surface area contributed by atoms with Crippen LogP contribution in [0.5, 0.6) is 0 Å². The lowest BCUT2D eigenvalue weighted by atomic mass is 10.0. The van der Waals surface area contributed by atoms with Gasteiger partial charge >= 0.3 is 0 Å². The zero-order valence-electron chi connectivity index (χ0n) is 18.3. The Balaban J connectivity index is 1.60. The molecule has 32 heavy (non-hydrogen) atoms. The van der Waals surface area contributed by atoms with Gasteiger partial charge in [-0.2, -0.15) is 12.7 Å². The molecule has 0 aromatic heterocycles. The molecule has 3 rings (SSSR count). The van der Waals surface area contributed by atoms with Crippen molar-refractivity contribution in [3.63, 3.8) is 0 Å². The largest absolute Gasteiger partial charge is 0.755 e. The maximum atomic E-state index is 12.8. The third-order valence-corrected chi connectivity index (χ3v) is 8.20. The topological polar surface area (TPSA) is 96.0 Å². The molecule has 1 aliphatic heterocycles. The molecule has 1 heterocycles. The lowest BCUT2D eigenvalue weighted by Gasteiger charge is -2.33. The summed E-state index contributed by atoms with van der Waals surface area (Å²) in [6, 6.07) is 12.2. The zero-order chi connectivity index (χ0) is 23.5. The molecule has 0 aliphatic carbocycles. The van der Waals surface area contributed by atoms with Crippen molar-refractivity contribution in [3.8, 4) is 0 Å². The highest BCUT2D eigenvalue weighted by atomic mass is 35.5. The molecule has 2 atom stereocenters. The Morgan fingerprint density at radius 2 is 1.81 bits per heavy atom. The molecule has 0 bridgehead atoms. The molecule has 2 aromatic carbocycles. The standard InChI is InChI=1S/C21H29ClN4O4S2/c1-16(26(31(27)28)21-8-6-20(7-9-21)24(2)3)10-12-23-32(29,30)25-13-11-17-14-19(22)5-4-18(17)15-25/h4-9,14,16,23H,10-13,15H2,1-3H3,(H,27,28)/p-1/t16-/m1/s1. The summed E-state index contributed by atoms with van der Waals surface area (Å²) >= 11 is 3.53. The van der Waals surface area contributed by atoms with Gasteiger partial charge in [-0.1, -0.05) is 17.7 Å². The Kier molecular flexibility index (Phi) is 8.18. The summed E-state index contributed by atoms with van der Waals surface area (Å²) in [6.07, 6.45) is 0.918. The Morgan fingerprint density at radius 1 is 1.16 bits per heavy atom. The van der Waals surface area contributed by atoms with E-state index in [1.54, 1.807) is 25.1 Å². The molecular formula is C21H28ClN4O4S2-. The average Bonchev–Trinajstić information content (AvgIpc) is 2.73. The Morgan fingerprint density at radius 3 is 2.44 bits per heavy atom. The van der Waals surface area contributed by atoms with E-state index < -0.39 is 27.5 Å². The lowest BCUT2D eigenvalue weighted by molar-refractivity contribution is 0.383. The first-order valence-electron chi connectivity index (χ1n) is 10.3. The van der Waals surface area contributed by atoms with E-state index in [2.05, 4.69) is 4.72 Å². The smallest absolute Gasteiger partial charge is 0.279 e. The van der Waals surface area contributed by atoms with Crippen molar-refractivity contribution < 1.29 is 17.2 Å². The van der Waals surface area contributed by atoms with Crippen LogP contribution in [0.4, 0.5) is 11.4 Å². The van der Waals surface area contributed by atoms with Crippen LogP contribution in [0.25, 0.3) is 0 Å². The lowest BCUT2D eigenvalue weighted by Crippen LogP contribution is -2.45. The SMILES string of the molecule is C[C@H](CCNS(=O)(=O)N1CCc2cc(Cl)ccc2C1)N(c1ccc(N(C)C)cc1)S(=O)[O-]. The highest BCUT2D eigenvalue weighted by Crippen LogP contribution is 2.25. The minimum absolute atomic E-state index is 0.122. The summed E-state index contributed by atoms with van der Waals surface area (Å²) < 4.78 is 54.5. The molecule has 11 heteroatoms. The van der Waals surface area contributed by atoms with Gasteiger partial charge < -0.3 is 9.45 Å². The number of halogens is 1. The van der Waals surface area contributed by atoms with Gasteiger partial charge in [0.2, 0.25) is 0 Å². The van der Waals surface area contributed by atoms with E-state index in [-0.39, 0.29) is 13.1 Å². The molecule has 1 unspecified atom stereocenters. The Bertz CT molecular complexity index is 1060. The van der Waals surface area contributed by atoms with E-state index in [1.807, 2.05) is 43.3 Å². The van der Waals surface area contributed by atoms with Crippen LogP contribution >= 0.6 is 11.6 Å². The number of anilines is 2. The molecule has 0 fully saturated rings. The minimum Gasteiger partial charge on any atom is -0.755 e. The number of fused-ring (bicyclic) bond motifs is 1. The number of nitrogens with one attached hydrogen (secondary N) is 1. The summed E-state index contributed by atoms with van der Waals surface area (Å²) in [5, 5.41) is 0.642. The van der Waals surface area contributed by atoms with Crippen LogP contribution < -0.4 is 13.9 Å². The van der Waals surface area contributed by atoms with Gasteiger partial charge in [0.15, 0.2) is 0 Å². The van der Waals surface area contributed by atoms with Gasteiger partial charge in [0, 0.05) is 67.4 Å². The van der Waals surface area contributed by atoms with Gasteiger partial charge in [-0.05, 0) is 67.3 Å². The number of hydrogen-bond acceptors (Lipinski definition) is 5. The summed E-state index contributed by atoms with van der Waals surface area (Å²) in [5.41, 5.74) is 3.49. The maximum absolute atomic E-state index is 12.8. The van der Waals surface area contributed by atoms with E-state index in [1.165, 1.54) is 8.61 Å². The zero-order valence-corrected chi connectivity index (χ0v) is 20.7. The fourth-order valence-corrected chi connectivity index (χ4v) is 5.78. The monoisotopic (exact) mass is 499 g/mol. The third-order valence-electron chi connectivity index (χ3n) is 5.51. The number of benzene rings is 2. The fraction of sp³-hybridized carbons (Fsp3) is 0.429. The van der Waals surface area contributed by atoms with Gasteiger partial charge in [-0.25, -0.2) is 4.72 Å². The van der Waals surface area contributed by atoms with E-state index in [0.29, 0.717) is 30.1 Å². The van der Waals surface area contributed by atoms with Gasteiger partial charge in [0.25, 0.3) is 10.2 Å². The summed E-state index contributed by atoms with van der Waals surface area (Å²) in [4.78, 5) is 1.92. The molecule has 2 aromatic rings. The highest BCUT2D eigenvalue weighted by Gasteiger charge is 2.27. The maximum Gasteiger partial charge on any atom is 0.279 e. The molecule has 0 radical (unpaired) electrons. The van der Waals surface area contributed by atoms with Gasteiger partial charge in [-0.3, -0.25) is 8.51 Å². The van der Waals surface area contributed by atoms with Crippen molar-refractivity contribution in [3.05, 3.63) is 58.6 Å². The van der Waals surface area contributed by atoms with Crippen molar-refractivity contribution >= 4 is 44.5 Å². The van der Waals surface area contributed by atoms with Crippen LogP contribution in [0, 0.1) is 0 Å². The van der Waals surface area contributed by atoms with Crippen molar-refractivity contribution in [2.24, 2.45) is 0 Å². The average molecular weight is 500 g/mol. The Labute approximate surface area is 197 Å². The predicted molar refractivity (Wildman–Crippen MR) is 129 cm³/mol. The number of nitrogens with zero attached hydrogens (tertiary/aromatic N) is 3. The van der Waals surface area contributed by atoms with Crippen LogP contribution in [0.15, 0.2) is 42.5 Å². The van der Waals surface area contributed by atoms with Crippen LogP contribution in [-0.4, -0.2) is 54.7 Å². The molecule has 0 saturated carbocycles. The van der Waals surface area contributed by atoms with E-state index >= 15 is 0 Å². The van der Waals surface area contributed by atoms with Crippen molar-refractivity contribution in [1.82, 2.24) is 9.03 Å². The first kappa shape index (κ1) is 24.9. The molecule has 1 aliphatic rings. The van der Waals surface area contributed by atoms with Gasteiger partial charge in [0.05, 0.1) is 0 Å². The molecule has 0 amide bonds. The molecule has 0 saturated heterocycles.